The Morgan fingerprint density at radius 2 is 1.70 bits per heavy atom. The van der Waals surface area contributed by atoms with Gasteiger partial charge in [0, 0.05) is 11.7 Å². The summed E-state index contributed by atoms with van der Waals surface area (Å²) in [7, 11) is 0. The van der Waals surface area contributed by atoms with Crippen LogP contribution in [0.1, 0.15) is 47.9 Å². The summed E-state index contributed by atoms with van der Waals surface area (Å²) in [4.78, 5) is 22.8. The Kier molecular flexibility index (Phi) is 7.15. The van der Waals surface area contributed by atoms with Gasteiger partial charge in [0.1, 0.15) is 0 Å². The van der Waals surface area contributed by atoms with Crippen LogP contribution in [0.3, 0.4) is 0 Å². The summed E-state index contributed by atoms with van der Waals surface area (Å²) in [5, 5.41) is -0.0596. The average molecular weight is 296 g/mol. The first-order chi connectivity index (χ1) is 9.58. The molecule has 0 aliphatic heterocycles. The first-order valence-corrected chi connectivity index (χ1v) is 7.20. The van der Waals surface area contributed by atoms with Crippen LogP contribution in [0.25, 0.3) is 0 Å². The number of esters is 2. The first-order valence-electron chi connectivity index (χ1n) is 6.69. The lowest BCUT2D eigenvalue weighted by molar-refractivity contribution is -0.143. The molecule has 0 radical (unpaired) electrons. The maximum atomic E-state index is 11.5. The van der Waals surface area contributed by atoms with Crippen molar-refractivity contribution in [3.8, 4) is 0 Å². The molecule has 0 aliphatic rings. The smallest absolute Gasteiger partial charge is 0.338 e. The molecule has 1 aromatic rings. The van der Waals surface area contributed by atoms with E-state index in [0.717, 1.165) is 5.56 Å². The molecule has 0 amide bonds. The zero-order valence-electron chi connectivity index (χ0n) is 11.8. The molecule has 20 heavy (non-hydrogen) atoms. The largest absolute Gasteiger partial charge is 0.466 e. The Morgan fingerprint density at radius 3 is 2.25 bits per heavy atom. The second-order valence-corrected chi connectivity index (χ2v) is 4.83. The van der Waals surface area contributed by atoms with Gasteiger partial charge in [-0.15, -0.1) is 0 Å². The minimum absolute atomic E-state index is 0.0596. The molecule has 0 heterocycles. The van der Waals surface area contributed by atoms with E-state index in [9.17, 15) is 9.59 Å². The molecule has 1 rings (SSSR count). The molecule has 0 bridgehead atoms. The number of hydrogen-bond acceptors (Lipinski definition) is 5. The molecular weight excluding hydrogens is 276 g/mol. The topological polar surface area (TPSA) is 52.6 Å². The second-order valence-electron chi connectivity index (χ2n) is 4.20. The molecular formula is C15H20O4S. The van der Waals surface area contributed by atoms with Crippen LogP contribution in [0.15, 0.2) is 24.3 Å². The first kappa shape index (κ1) is 16.6. The summed E-state index contributed by atoms with van der Waals surface area (Å²) in [6.45, 7) is 4.30. The highest BCUT2D eigenvalue weighted by Gasteiger charge is 2.12. The van der Waals surface area contributed by atoms with Crippen molar-refractivity contribution in [1.82, 2.24) is 0 Å². The highest BCUT2D eigenvalue weighted by molar-refractivity contribution is 7.80. The van der Waals surface area contributed by atoms with Gasteiger partial charge in [0.2, 0.25) is 0 Å². The Morgan fingerprint density at radius 1 is 1.10 bits per heavy atom. The average Bonchev–Trinajstić information content (AvgIpc) is 2.45. The number of thiol groups is 1. The van der Waals surface area contributed by atoms with E-state index in [2.05, 4.69) is 12.6 Å². The normalized spacial score (nSPS) is 11.8. The van der Waals surface area contributed by atoms with E-state index in [0.29, 0.717) is 31.6 Å². The van der Waals surface area contributed by atoms with Crippen LogP contribution >= 0.6 is 12.6 Å². The van der Waals surface area contributed by atoms with Crippen LogP contribution in [0.2, 0.25) is 0 Å². The monoisotopic (exact) mass is 296 g/mol. The van der Waals surface area contributed by atoms with Gasteiger partial charge in [0.05, 0.1) is 18.8 Å². The maximum Gasteiger partial charge on any atom is 0.338 e. The van der Waals surface area contributed by atoms with Gasteiger partial charge in [0.15, 0.2) is 0 Å². The van der Waals surface area contributed by atoms with Gasteiger partial charge in [-0.05, 0) is 38.0 Å². The van der Waals surface area contributed by atoms with Crippen molar-refractivity contribution in [2.45, 2.75) is 31.9 Å². The molecule has 0 saturated carbocycles. The van der Waals surface area contributed by atoms with Crippen LogP contribution in [-0.4, -0.2) is 25.2 Å². The fourth-order valence-corrected chi connectivity index (χ4v) is 2.01. The van der Waals surface area contributed by atoms with Crippen molar-refractivity contribution in [3.63, 3.8) is 0 Å². The Labute approximate surface area is 124 Å². The molecule has 1 unspecified atom stereocenters. The number of carbonyl (C=O) groups is 2. The quantitative estimate of drug-likeness (QED) is 0.620. The summed E-state index contributed by atoms with van der Waals surface area (Å²) >= 11 is 4.47. The molecule has 4 nitrogen and oxygen atoms in total. The fourth-order valence-electron chi connectivity index (χ4n) is 1.71. The van der Waals surface area contributed by atoms with Crippen molar-refractivity contribution in [3.05, 3.63) is 35.4 Å². The second kappa shape index (κ2) is 8.64. The lowest BCUT2D eigenvalue weighted by Crippen LogP contribution is -2.06. The Balaban J connectivity index is 2.55. The molecule has 0 fully saturated rings. The van der Waals surface area contributed by atoms with E-state index in [4.69, 9.17) is 9.47 Å². The summed E-state index contributed by atoms with van der Waals surface area (Å²) in [5.41, 5.74) is 1.48. The van der Waals surface area contributed by atoms with Crippen molar-refractivity contribution < 1.29 is 19.1 Å². The van der Waals surface area contributed by atoms with Crippen LogP contribution in [-0.2, 0) is 14.3 Å². The summed E-state index contributed by atoms with van der Waals surface area (Å²) < 4.78 is 9.79. The highest BCUT2D eigenvalue weighted by atomic mass is 32.1. The summed E-state index contributed by atoms with van der Waals surface area (Å²) in [6.07, 6.45) is 0.933. The SMILES string of the molecule is CCOC(=O)CCC(S)c1ccc(C(=O)OCC)cc1. The van der Waals surface area contributed by atoms with Crippen molar-refractivity contribution >= 4 is 24.6 Å². The van der Waals surface area contributed by atoms with E-state index < -0.39 is 0 Å². The molecule has 0 aromatic heterocycles. The van der Waals surface area contributed by atoms with Crippen LogP contribution in [0, 0.1) is 0 Å². The van der Waals surface area contributed by atoms with Crippen molar-refractivity contribution in [2.75, 3.05) is 13.2 Å². The van der Waals surface area contributed by atoms with Gasteiger partial charge in [-0.1, -0.05) is 12.1 Å². The Bertz CT molecular complexity index is 442. The summed E-state index contributed by atoms with van der Waals surface area (Å²) in [5.74, 6) is -0.545. The lowest BCUT2D eigenvalue weighted by Gasteiger charge is -2.11. The molecule has 0 spiro atoms. The Hall–Kier alpha value is -1.49. The highest BCUT2D eigenvalue weighted by Crippen LogP contribution is 2.25. The molecule has 0 N–H and O–H groups in total. The predicted octanol–water partition coefficient (Wildman–Crippen LogP) is 3.18. The van der Waals surface area contributed by atoms with Gasteiger partial charge in [0.25, 0.3) is 0 Å². The van der Waals surface area contributed by atoms with Gasteiger partial charge in [-0.2, -0.15) is 12.6 Å². The number of benzene rings is 1. The molecule has 1 aromatic carbocycles. The van der Waals surface area contributed by atoms with Crippen molar-refractivity contribution in [1.29, 1.82) is 0 Å². The van der Waals surface area contributed by atoms with Crippen LogP contribution < -0.4 is 0 Å². The third kappa shape index (κ3) is 5.25. The van der Waals surface area contributed by atoms with E-state index >= 15 is 0 Å². The van der Waals surface area contributed by atoms with E-state index in [1.54, 1.807) is 26.0 Å². The summed E-state index contributed by atoms with van der Waals surface area (Å²) in [6, 6.07) is 7.08. The fraction of sp³-hybridized carbons (Fsp3) is 0.467. The molecule has 0 aliphatic carbocycles. The molecule has 110 valence electrons. The standard InChI is InChI=1S/C15H20O4S/c1-3-18-14(16)10-9-13(20)11-5-7-12(8-6-11)15(17)19-4-2/h5-8,13,20H,3-4,9-10H2,1-2H3. The predicted molar refractivity (Wildman–Crippen MR) is 80.0 cm³/mol. The third-order valence-electron chi connectivity index (χ3n) is 2.73. The molecule has 5 heteroatoms. The lowest BCUT2D eigenvalue weighted by atomic mass is 10.1. The van der Waals surface area contributed by atoms with Gasteiger partial charge < -0.3 is 9.47 Å². The molecule has 1 atom stereocenters. The zero-order chi connectivity index (χ0) is 15.0. The van der Waals surface area contributed by atoms with E-state index in [-0.39, 0.29) is 17.2 Å². The van der Waals surface area contributed by atoms with Crippen LogP contribution in [0.5, 0.6) is 0 Å². The minimum atomic E-state index is -0.332. The van der Waals surface area contributed by atoms with Gasteiger partial charge >= 0.3 is 11.9 Å². The van der Waals surface area contributed by atoms with Gasteiger partial charge in [-0.3, -0.25) is 4.79 Å². The van der Waals surface area contributed by atoms with E-state index in [1.165, 1.54) is 0 Å². The van der Waals surface area contributed by atoms with Crippen molar-refractivity contribution in [2.24, 2.45) is 0 Å². The van der Waals surface area contributed by atoms with E-state index in [1.807, 2.05) is 12.1 Å². The molecule has 0 saturated heterocycles. The number of carbonyl (C=O) groups excluding carboxylic acids is 2. The maximum absolute atomic E-state index is 11.5. The van der Waals surface area contributed by atoms with Crippen LogP contribution in [0.4, 0.5) is 0 Å². The zero-order valence-corrected chi connectivity index (χ0v) is 12.7. The third-order valence-corrected chi connectivity index (χ3v) is 3.29. The number of ether oxygens (including phenoxy) is 2. The minimum Gasteiger partial charge on any atom is -0.466 e. The van der Waals surface area contributed by atoms with Gasteiger partial charge in [-0.25, -0.2) is 4.79 Å². The number of rotatable bonds is 7. The number of hydrogen-bond donors (Lipinski definition) is 1.